The minimum atomic E-state index is 0.768. The number of hydrogen-bond donors (Lipinski definition) is 1. The summed E-state index contributed by atoms with van der Waals surface area (Å²) in [6, 6.07) is 8.69. The lowest BCUT2D eigenvalue weighted by Gasteiger charge is -2.00. The summed E-state index contributed by atoms with van der Waals surface area (Å²) in [6.07, 6.45) is 6.31. The van der Waals surface area contributed by atoms with E-state index in [0.29, 0.717) is 0 Å². The SMILES string of the molecule is N=CCc1ccc(CC2CC2)cc1. The molecule has 0 bridgehead atoms. The molecule has 13 heavy (non-hydrogen) atoms. The Hall–Kier alpha value is -1.11. The number of nitrogens with one attached hydrogen (secondary N) is 1. The van der Waals surface area contributed by atoms with Crippen LogP contribution in [0.1, 0.15) is 24.0 Å². The standard InChI is InChI=1S/C12H15N/c13-8-7-10-1-3-11(4-2-10)9-12-5-6-12/h1-4,8,12-13H,5-7,9H2. The summed E-state index contributed by atoms with van der Waals surface area (Å²) in [5, 5.41) is 6.99. The first kappa shape index (κ1) is 8.49. The van der Waals surface area contributed by atoms with Gasteiger partial charge in [-0.2, -0.15) is 0 Å². The van der Waals surface area contributed by atoms with Crippen LogP contribution in [0.4, 0.5) is 0 Å². The van der Waals surface area contributed by atoms with Crippen molar-refractivity contribution >= 4 is 6.21 Å². The van der Waals surface area contributed by atoms with E-state index in [-0.39, 0.29) is 0 Å². The first-order valence-electron chi connectivity index (χ1n) is 4.95. The highest BCUT2D eigenvalue weighted by Crippen LogP contribution is 2.32. The molecule has 0 radical (unpaired) electrons. The molecule has 1 nitrogen and oxygen atoms in total. The minimum absolute atomic E-state index is 0.768. The molecule has 1 aliphatic carbocycles. The molecule has 0 aromatic heterocycles. The summed E-state index contributed by atoms with van der Waals surface area (Å²) in [6.45, 7) is 0. The predicted octanol–water partition coefficient (Wildman–Crippen LogP) is 2.83. The molecule has 1 fully saturated rings. The lowest BCUT2D eigenvalue weighted by Crippen LogP contribution is -1.89. The van der Waals surface area contributed by atoms with Crippen LogP contribution in [0, 0.1) is 11.3 Å². The molecule has 0 unspecified atom stereocenters. The smallest absolute Gasteiger partial charge is 0.00714 e. The zero-order chi connectivity index (χ0) is 9.10. The molecule has 1 heteroatoms. The summed E-state index contributed by atoms with van der Waals surface area (Å²) >= 11 is 0. The van der Waals surface area contributed by atoms with Crippen molar-refractivity contribution in [3.63, 3.8) is 0 Å². The summed E-state index contributed by atoms with van der Waals surface area (Å²) in [5.41, 5.74) is 2.70. The van der Waals surface area contributed by atoms with E-state index >= 15 is 0 Å². The van der Waals surface area contributed by atoms with Gasteiger partial charge in [0.25, 0.3) is 0 Å². The van der Waals surface area contributed by atoms with E-state index in [2.05, 4.69) is 24.3 Å². The Morgan fingerprint density at radius 2 is 1.77 bits per heavy atom. The molecule has 2 rings (SSSR count). The number of benzene rings is 1. The number of hydrogen-bond acceptors (Lipinski definition) is 1. The largest absolute Gasteiger partial charge is 0.313 e. The summed E-state index contributed by atoms with van der Waals surface area (Å²) in [4.78, 5) is 0. The molecule has 1 N–H and O–H groups in total. The van der Waals surface area contributed by atoms with Crippen LogP contribution in [0.15, 0.2) is 24.3 Å². The molecule has 0 spiro atoms. The Labute approximate surface area is 79.3 Å². The fraction of sp³-hybridized carbons (Fsp3) is 0.417. The summed E-state index contributed by atoms with van der Waals surface area (Å²) in [7, 11) is 0. The third kappa shape index (κ3) is 2.41. The van der Waals surface area contributed by atoms with Crippen LogP contribution in [0.5, 0.6) is 0 Å². The van der Waals surface area contributed by atoms with E-state index in [1.807, 2.05) is 0 Å². The van der Waals surface area contributed by atoms with Gasteiger partial charge in [0.05, 0.1) is 0 Å². The monoisotopic (exact) mass is 173 g/mol. The average Bonchev–Trinajstić information content (AvgIpc) is 2.93. The fourth-order valence-electron chi connectivity index (χ4n) is 1.58. The Bertz CT molecular complexity index is 282. The topological polar surface area (TPSA) is 23.9 Å². The maximum atomic E-state index is 6.99. The van der Waals surface area contributed by atoms with Crippen LogP contribution in [-0.2, 0) is 12.8 Å². The van der Waals surface area contributed by atoms with E-state index < -0.39 is 0 Å². The van der Waals surface area contributed by atoms with Crippen molar-refractivity contribution in [2.24, 2.45) is 5.92 Å². The minimum Gasteiger partial charge on any atom is -0.313 e. The van der Waals surface area contributed by atoms with Crippen LogP contribution in [0.2, 0.25) is 0 Å². The molecule has 0 heterocycles. The molecule has 1 saturated carbocycles. The predicted molar refractivity (Wildman–Crippen MR) is 55.4 cm³/mol. The van der Waals surface area contributed by atoms with Crippen LogP contribution in [-0.4, -0.2) is 6.21 Å². The zero-order valence-electron chi connectivity index (χ0n) is 7.79. The van der Waals surface area contributed by atoms with Gasteiger partial charge in [-0.3, -0.25) is 0 Å². The van der Waals surface area contributed by atoms with Crippen molar-refractivity contribution < 1.29 is 0 Å². The second-order valence-electron chi connectivity index (χ2n) is 3.87. The van der Waals surface area contributed by atoms with Gasteiger partial charge in [0.2, 0.25) is 0 Å². The van der Waals surface area contributed by atoms with Crippen molar-refractivity contribution in [1.82, 2.24) is 0 Å². The third-order valence-electron chi connectivity index (χ3n) is 2.58. The molecule has 1 aliphatic rings. The van der Waals surface area contributed by atoms with Gasteiger partial charge in [0.15, 0.2) is 0 Å². The Kier molecular flexibility index (Phi) is 2.44. The van der Waals surface area contributed by atoms with Gasteiger partial charge in [-0.25, -0.2) is 0 Å². The number of rotatable bonds is 4. The second kappa shape index (κ2) is 3.73. The molecule has 0 atom stereocenters. The molecule has 0 saturated heterocycles. The van der Waals surface area contributed by atoms with Crippen LogP contribution in [0.3, 0.4) is 0 Å². The van der Waals surface area contributed by atoms with Gasteiger partial charge in [-0.1, -0.05) is 24.3 Å². The molecular formula is C12H15N. The normalized spacial score (nSPS) is 15.7. The van der Waals surface area contributed by atoms with Crippen LogP contribution < -0.4 is 0 Å². The van der Waals surface area contributed by atoms with E-state index in [1.165, 1.54) is 36.6 Å². The van der Waals surface area contributed by atoms with E-state index in [9.17, 15) is 0 Å². The van der Waals surface area contributed by atoms with Crippen molar-refractivity contribution in [3.8, 4) is 0 Å². The molecular weight excluding hydrogens is 158 g/mol. The summed E-state index contributed by atoms with van der Waals surface area (Å²) in [5.74, 6) is 0.966. The van der Waals surface area contributed by atoms with E-state index in [4.69, 9.17) is 5.41 Å². The zero-order valence-corrected chi connectivity index (χ0v) is 7.79. The van der Waals surface area contributed by atoms with Gasteiger partial charge in [0.1, 0.15) is 0 Å². The van der Waals surface area contributed by atoms with Gasteiger partial charge in [0, 0.05) is 6.42 Å². The Balaban J connectivity index is 1.99. The first-order chi connectivity index (χ1) is 6.38. The first-order valence-corrected chi connectivity index (χ1v) is 4.95. The molecule has 1 aromatic carbocycles. The van der Waals surface area contributed by atoms with Crippen molar-refractivity contribution in [3.05, 3.63) is 35.4 Å². The lowest BCUT2D eigenvalue weighted by molar-refractivity contribution is 0.832. The molecule has 0 amide bonds. The molecule has 0 aliphatic heterocycles. The van der Waals surface area contributed by atoms with E-state index in [1.54, 1.807) is 0 Å². The van der Waals surface area contributed by atoms with E-state index in [0.717, 1.165) is 12.3 Å². The highest BCUT2D eigenvalue weighted by atomic mass is 14.3. The average molecular weight is 173 g/mol. The fourth-order valence-corrected chi connectivity index (χ4v) is 1.58. The quantitative estimate of drug-likeness (QED) is 0.677. The Morgan fingerprint density at radius 3 is 2.31 bits per heavy atom. The van der Waals surface area contributed by atoms with Crippen LogP contribution in [0.25, 0.3) is 0 Å². The second-order valence-corrected chi connectivity index (χ2v) is 3.87. The third-order valence-corrected chi connectivity index (χ3v) is 2.58. The van der Waals surface area contributed by atoms with Gasteiger partial charge < -0.3 is 5.41 Å². The van der Waals surface area contributed by atoms with Crippen molar-refractivity contribution in [2.75, 3.05) is 0 Å². The van der Waals surface area contributed by atoms with Gasteiger partial charge >= 0.3 is 0 Å². The maximum absolute atomic E-state index is 6.99. The highest BCUT2D eigenvalue weighted by molar-refractivity contribution is 5.57. The van der Waals surface area contributed by atoms with Crippen LogP contribution >= 0.6 is 0 Å². The summed E-state index contributed by atoms with van der Waals surface area (Å²) < 4.78 is 0. The maximum Gasteiger partial charge on any atom is 0.00714 e. The highest BCUT2D eigenvalue weighted by Gasteiger charge is 2.20. The lowest BCUT2D eigenvalue weighted by atomic mass is 10.1. The molecule has 1 aromatic rings. The van der Waals surface area contributed by atoms with Crippen molar-refractivity contribution in [2.45, 2.75) is 25.7 Å². The molecule has 68 valence electrons. The van der Waals surface area contributed by atoms with Gasteiger partial charge in [-0.05, 0) is 42.5 Å². The van der Waals surface area contributed by atoms with Crippen molar-refractivity contribution in [1.29, 1.82) is 5.41 Å². The van der Waals surface area contributed by atoms with Gasteiger partial charge in [-0.15, -0.1) is 0 Å². The Morgan fingerprint density at radius 1 is 1.15 bits per heavy atom.